The molecule has 0 amide bonds. The third-order valence-electron chi connectivity index (χ3n) is 1.86. The standard InChI is InChI=1S/C10H9N3O2S/c1-15-10(14)9-7(2-5-16-9)13-8-6-11-3-4-12-8/h2-6H,1H3,(H,12,13). The van der Waals surface area contributed by atoms with Crippen molar-refractivity contribution >= 4 is 28.8 Å². The molecule has 0 aliphatic carbocycles. The minimum atomic E-state index is -0.360. The minimum Gasteiger partial charge on any atom is -0.465 e. The molecule has 1 N–H and O–H groups in total. The molecule has 0 atom stereocenters. The molecule has 5 nitrogen and oxygen atoms in total. The molecule has 0 saturated carbocycles. The summed E-state index contributed by atoms with van der Waals surface area (Å²) in [5.41, 5.74) is 0.678. The number of esters is 1. The van der Waals surface area contributed by atoms with E-state index in [-0.39, 0.29) is 5.97 Å². The Morgan fingerprint density at radius 3 is 3.06 bits per heavy atom. The first-order valence-electron chi connectivity index (χ1n) is 4.50. The zero-order chi connectivity index (χ0) is 11.4. The maximum absolute atomic E-state index is 11.4. The maximum atomic E-state index is 11.4. The van der Waals surface area contributed by atoms with E-state index in [2.05, 4.69) is 20.0 Å². The molecule has 0 fully saturated rings. The highest BCUT2D eigenvalue weighted by molar-refractivity contribution is 7.12. The molecule has 0 saturated heterocycles. The summed E-state index contributed by atoms with van der Waals surface area (Å²) in [6.45, 7) is 0. The van der Waals surface area contributed by atoms with Gasteiger partial charge in [0.05, 0.1) is 19.0 Å². The summed E-state index contributed by atoms with van der Waals surface area (Å²) in [6.07, 6.45) is 4.74. The summed E-state index contributed by atoms with van der Waals surface area (Å²) in [7, 11) is 1.36. The van der Waals surface area contributed by atoms with Gasteiger partial charge in [-0.15, -0.1) is 11.3 Å². The molecule has 2 aromatic heterocycles. The second-order valence-electron chi connectivity index (χ2n) is 2.87. The number of carbonyl (C=O) groups excluding carboxylic acids is 1. The lowest BCUT2D eigenvalue weighted by atomic mass is 10.4. The summed E-state index contributed by atoms with van der Waals surface area (Å²) in [5.74, 6) is 0.229. The average Bonchev–Trinajstić information content (AvgIpc) is 2.77. The van der Waals surface area contributed by atoms with Crippen molar-refractivity contribution in [3.8, 4) is 0 Å². The second kappa shape index (κ2) is 4.71. The van der Waals surface area contributed by atoms with Crippen molar-refractivity contribution < 1.29 is 9.53 Å². The second-order valence-corrected chi connectivity index (χ2v) is 3.79. The van der Waals surface area contributed by atoms with Gasteiger partial charge in [0, 0.05) is 12.4 Å². The predicted octanol–water partition coefficient (Wildman–Crippen LogP) is 2.07. The molecule has 16 heavy (non-hydrogen) atoms. The number of methoxy groups -OCH3 is 1. The van der Waals surface area contributed by atoms with E-state index >= 15 is 0 Å². The molecule has 0 aromatic carbocycles. The van der Waals surface area contributed by atoms with Crippen molar-refractivity contribution in [3.63, 3.8) is 0 Å². The molecule has 0 unspecified atom stereocenters. The third kappa shape index (κ3) is 2.17. The molecule has 82 valence electrons. The monoisotopic (exact) mass is 235 g/mol. The van der Waals surface area contributed by atoms with Crippen LogP contribution in [0.25, 0.3) is 0 Å². The Morgan fingerprint density at radius 2 is 2.38 bits per heavy atom. The number of nitrogens with one attached hydrogen (secondary N) is 1. The fraction of sp³-hybridized carbons (Fsp3) is 0.100. The summed E-state index contributed by atoms with van der Waals surface area (Å²) >= 11 is 1.32. The van der Waals surface area contributed by atoms with Gasteiger partial charge in [0.1, 0.15) is 10.7 Å². The van der Waals surface area contributed by atoms with Gasteiger partial charge in [0.25, 0.3) is 0 Å². The SMILES string of the molecule is COC(=O)c1sccc1Nc1cnccn1. The maximum Gasteiger partial charge on any atom is 0.350 e. The van der Waals surface area contributed by atoms with Crippen molar-refractivity contribution in [2.24, 2.45) is 0 Å². The molecule has 0 spiro atoms. The van der Waals surface area contributed by atoms with Gasteiger partial charge in [-0.05, 0) is 11.4 Å². The number of nitrogens with zero attached hydrogens (tertiary/aromatic N) is 2. The highest BCUT2D eigenvalue weighted by atomic mass is 32.1. The van der Waals surface area contributed by atoms with Gasteiger partial charge in [-0.3, -0.25) is 4.98 Å². The summed E-state index contributed by atoms with van der Waals surface area (Å²) in [6, 6.07) is 1.80. The van der Waals surface area contributed by atoms with E-state index in [9.17, 15) is 4.79 Å². The predicted molar refractivity (Wildman–Crippen MR) is 61.0 cm³/mol. The Bertz CT molecular complexity index is 484. The number of hydrogen-bond acceptors (Lipinski definition) is 6. The van der Waals surface area contributed by atoms with Gasteiger partial charge in [-0.25, -0.2) is 9.78 Å². The van der Waals surface area contributed by atoms with Crippen molar-refractivity contribution in [1.82, 2.24) is 9.97 Å². The van der Waals surface area contributed by atoms with Crippen molar-refractivity contribution in [2.75, 3.05) is 12.4 Å². The quantitative estimate of drug-likeness (QED) is 0.825. The zero-order valence-electron chi connectivity index (χ0n) is 8.51. The Morgan fingerprint density at radius 1 is 1.50 bits per heavy atom. The van der Waals surface area contributed by atoms with Crippen LogP contribution in [0.4, 0.5) is 11.5 Å². The topological polar surface area (TPSA) is 64.1 Å². The minimum absolute atomic E-state index is 0.360. The first kappa shape index (κ1) is 10.6. The Hall–Kier alpha value is -1.95. The van der Waals surface area contributed by atoms with Crippen LogP contribution in [-0.4, -0.2) is 23.0 Å². The lowest BCUT2D eigenvalue weighted by molar-refractivity contribution is 0.0607. The largest absolute Gasteiger partial charge is 0.465 e. The molecule has 2 aromatic rings. The van der Waals surface area contributed by atoms with Gasteiger partial charge in [0.2, 0.25) is 0 Å². The van der Waals surface area contributed by atoms with Crippen LogP contribution in [0.1, 0.15) is 9.67 Å². The number of rotatable bonds is 3. The number of anilines is 2. The van der Waals surface area contributed by atoms with Crippen molar-refractivity contribution in [1.29, 1.82) is 0 Å². The van der Waals surface area contributed by atoms with Crippen LogP contribution in [-0.2, 0) is 4.74 Å². The van der Waals surface area contributed by atoms with E-state index in [1.165, 1.54) is 18.4 Å². The molecule has 0 radical (unpaired) electrons. The van der Waals surface area contributed by atoms with E-state index in [0.717, 1.165) is 0 Å². The highest BCUT2D eigenvalue weighted by Gasteiger charge is 2.13. The average molecular weight is 235 g/mol. The highest BCUT2D eigenvalue weighted by Crippen LogP contribution is 2.25. The number of thiophene rings is 1. The van der Waals surface area contributed by atoms with Gasteiger partial charge in [-0.1, -0.05) is 0 Å². The number of hydrogen-bond donors (Lipinski definition) is 1. The fourth-order valence-corrected chi connectivity index (χ4v) is 1.93. The zero-order valence-corrected chi connectivity index (χ0v) is 9.32. The van der Waals surface area contributed by atoms with Crippen molar-refractivity contribution in [3.05, 3.63) is 34.9 Å². The molecule has 6 heteroatoms. The van der Waals surface area contributed by atoms with Crippen LogP contribution in [0.15, 0.2) is 30.0 Å². The normalized spacial score (nSPS) is 9.81. The lowest BCUT2D eigenvalue weighted by Crippen LogP contribution is -2.02. The molecule has 2 rings (SSSR count). The van der Waals surface area contributed by atoms with E-state index in [1.54, 1.807) is 24.7 Å². The van der Waals surface area contributed by atoms with Crippen LogP contribution >= 0.6 is 11.3 Å². The molecule has 0 bridgehead atoms. The molecule has 2 heterocycles. The Balaban J connectivity index is 2.22. The van der Waals surface area contributed by atoms with Crippen LogP contribution in [0, 0.1) is 0 Å². The lowest BCUT2D eigenvalue weighted by Gasteiger charge is -2.04. The van der Waals surface area contributed by atoms with Crippen LogP contribution < -0.4 is 5.32 Å². The fourth-order valence-electron chi connectivity index (χ4n) is 1.16. The van der Waals surface area contributed by atoms with Crippen LogP contribution in [0.3, 0.4) is 0 Å². The van der Waals surface area contributed by atoms with Crippen LogP contribution in [0.5, 0.6) is 0 Å². The summed E-state index contributed by atoms with van der Waals surface area (Å²) < 4.78 is 4.67. The van der Waals surface area contributed by atoms with Gasteiger partial charge < -0.3 is 10.1 Å². The molecule has 0 aliphatic rings. The molecule has 0 aliphatic heterocycles. The van der Waals surface area contributed by atoms with Crippen molar-refractivity contribution in [2.45, 2.75) is 0 Å². The Kier molecular flexibility index (Phi) is 3.11. The molecular weight excluding hydrogens is 226 g/mol. The van der Waals surface area contributed by atoms with E-state index in [4.69, 9.17) is 0 Å². The Labute approximate surface area is 96.1 Å². The van der Waals surface area contributed by atoms with Gasteiger partial charge >= 0.3 is 5.97 Å². The first-order valence-corrected chi connectivity index (χ1v) is 5.38. The summed E-state index contributed by atoms with van der Waals surface area (Å²) in [4.78, 5) is 19.9. The van der Waals surface area contributed by atoms with Gasteiger partial charge in [-0.2, -0.15) is 0 Å². The van der Waals surface area contributed by atoms with E-state index < -0.39 is 0 Å². The summed E-state index contributed by atoms with van der Waals surface area (Å²) in [5, 5.41) is 4.81. The number of ether oxygens (including phenoxy) is 1. The van der Waals surface area contributed by atoms with E-state index in [0.29, 0.717) is 16.4 Å². The third-order valence-corrected chi connectivity index (χ3v) is 2.76. The molecular formula is C10H9N3O2S. The van der Waals surface area contributed by atoms with E-state index in [1.807, 2.05) is 5.38 Å². The number of aromatic nitrogens is 2. The first-order chi connectivity index (χ1) is 7.81. The number of carbonyl (C=O) groups is 1. The van der Waals surface area contributed by atoms with Crippen LogP contribution in [0.2, 0.25) is 0 Å². The van der Waals surface area contributed by atoms with Gasteiger partial charge in [0.15, 0.2) is 0 Å². The smallest absolute Gasteiger partial charge is 0.350 e.